The molecule has 1 fully saturated rings. The molecule has 0 aromatic heterocycles. The van der Waals surface area contributed by atoms with Gasteiger partial charge in [0.2, 0.25) is 5.91 Å². The van der Waals surface area contributed by atoms with E-state index < -0.39 is 0 Å². The first kappa shape index (κ1) is 18.6. The van der Waals surface area contributed by atoms with Crippen molar-refractivity contribution in [3.63, 3.8) is 0 Å². The Morgan fingerprint density at radius 2 is 1.75 bits per heavy atom. The summed E-state index contributed by atoms with van der Waals surface area (Å²) < 4.78 is 10.9. The fourth-order valence-electron chi connectivity index (χ4n) is 3.44. The summed E-state index contributed by atoms with van der Waals surface area (Å²) in [6, 6.07) is 7.54. The van der Waals surface area contributed by atoms with Crippen molar-refractivity contribution < 1.29 is 14.3 Å². The molecule has 0 heterocycles. The third-order valence-electron chi connectivity index (χ3n) is 5.05. The SMILES string of the molecule is COc1ccccc1OCCNC(=O)C1CCC(C(C)(C)C)CC1. The second-order valence-electron chi connectivity index (χ2n) is 7.70. The van der Waals surface area contributed by atoms with Crippen LogP contribution in [-0.2, 0) is 4.79 Å². The van der Waals surface area contributed by atoms with E-state index in [0.717, 1.165) is 31.6 Å². The first-order valence-electron chi connectivity index (χ1n) is 8.95. The Morgan fingerprint density at radius 1 is 1.12 bits per heavy atom. The van der Waals surface area contributed by atoms with Crippen LogP contribution >= 0.6 is 0 Å². The molecule has 0 spiro atoms. The van der Waals surface area contributed by atoms with Crippen molar-refractivity contribution in [2.75, 3.05) is 20.3 Å². The Balaban J connectivity index is 1.69. The molecule has 1 N–H and O–H groups in total. The first-order valence-corrected chi connectivity index (χ1v) is 8.95. The van der Waals surface area contributed by atoms with Gasteiger partial charge in [0.15, 0.2) is 11.5 Å². The highest BCUT2D eigenvalue weighted by atomic mass is 16.5. The van der Waals surface area contributed by atoms with Crippen molar-refractivity contribution in [2.24, 2.45) is 17.3 Å². The number of rotatable bonds is 6. The van der Waals surface area contributed by atoms with E-state index in [9.17, 15) is 4.79 Å². The number of ether oxygens (including phenoxy) is 2. The molecule has 4 heteroatoms. The zero-order chi connectivity index (χ0) is 17.6. The summed E-state index contributed by atoms with van der Waals surface area (Å²) in [6.45, 7) is 7.87. The molecule has 1 saturated carbocycles. The van der Waals surface area contributed by atoms with Crippen LogP contribution in [0.2, 0.25) is 0 Å². The molecular weight excluding hydrogens is 302 g/mol. The molecule has 0 unspecified atom stereocenters. The van der Waals surface area contributed by atoms with Gasteiger partial charge in [0.1, 0.15) is 6.61 Å². The van der Waals surface area contributed by atoms with Crippen molar-refractivity contribution in [3.8, 4) is 11.5 Å². The van der Waals surface area contributed by atoms with Crippen molar-refractivity contribution >= 4 is 5.91 Å². The molecule has 0 atom stereocenters. The second-order valence-corrected chi connectivity index (χ2v) is 7.70. The average Bonchev–Trinajstić information content (AvgIpc) is 2.58. The van der Waals surface area contributed by atoms with Crippen molar-refractivity contribution in [1.82, 2.24) is 5.32 Å². The zero-order valence-corrected chi connectivity index (χ0v) is 15.4. The zero-order valence-electron chi connectivity index (χ0n) is 15.4. The monoisotopic (exact) mass is 333 g/mol. The fraction of sp³-hybridized carbons (Fsp3) is 0.650. The quantitative estimate of drug-likeness (QED) is 0.799. The van der Waals surface area contributed by atoms with Gasteiger partial charge in [-0.05, 0) is 49.1 Å². The number of para-hydroxylation sites is 2. The van der Waals surface area contributed by atoms with E-state index in [1.54, 1.807) is 7.11 Å². The first-order chi connectivity index (χ1) is 11.4. The summed E-state index contributed by atoms with van der Waals surface area (Å²) in [7, 11) is 1.62. The Kier molecular flexibility index (Phi) is 6.52. The number of amides is 1. The lowest BCUT2D eigenvalue weighted by Crippen LogP contribution is -2.37. The highest BCUT2D eigenvalue weighted by Gasteiger charge is 2.32. The lowest BCUT2D eigenvalue weighted by atomic mass is 9.70. The highest BCUT2D eigenvalue weighted by Crippen LogP contribution is 2.39. The normalized spacial score (nSPS) is 21.2. The summed E-state index contributed by atoms with van der Waals surface area (Å²) in [6.07, 6.45) is 4.31. The van der Waals surface area contributed by atoms with Gasteiger partial charge in [-0.3, -0.25) is 4.79 Å². The van der Waals surface area contributed by atoms with Gasteiger partial charge in [-0.1, -0.05) is 32.9 Å². The van der Waals surface area contributed by atoms with Gasteiger partial charge in [-0.15, -0.1) is 0 Å². The van der Waals surface area contributed by atoms with Crippen LogP contribution in [0.4, 0.5) is 0 Å². The van der Waals surface area contributed by atoms with Gasteiger partial charge in [0, 0.05) is 5.92 Å². The molecule has 2 rings (SSSR count). The average molecular weight is 333 g/mol. The minimum Gasteiger partial charge on any atom is -0.493 e. The van der Waals surface area contributed by atoms with Crippen LogP contribution in [0.5, 0.6) is 11.5 Å². The molecule has 1 aromatic rings. The molecule has 1 aliphatic carbocycles. The summed E-state index contributed by atoms with van der Waals surface area (Å²) in [4.78, 5) is 12.3. The number of hydrogen-bond donors (Lipinski definition) is 1. The molecule has 0 bridgehead atoms. The summed E-state index contributed by atoms with van der Waals surface area (Å²) in [5.41, 5.74) is 0.351. The Morgan fingerprint density at radius 3 is 2.33 bits per heavy atom. The number of carbonyl (C=O) groups excluding carboxylic acids is 1. The maximum Gasteiger partial charge on any atom is 0.223 e. The Bertz CT molecular complexity index is 528. The molecule has 0 aliphatic heterocycles. The number of hydrogen-bond acceptors (Lipinski definition) is 3. The van der Waals surface area contributed by atoms with E-state index in [-0.39, 0.29) is 11.8 Å². The van der Waals surface area contributed by atoms with E-state index in [1.165, 1.54) is 0 Å². The van der Waals surface area contributed by atoms with Gasteiger partial charge in [0.25, 0.3) is 0 Å². The number of methoxy groups -OCH3 is 1. The topological polar surface area (TPSA) is 47.6 Å². The third kappa shape index (κ3) is 5.15. The predicted octanol–water partition coefficient (Wildman–Crippen LogP) is 4.04. The minimum atomic E-state index is 0.162. The second kappa shape index (κ2) is 8.41. The van der Waals surface area contributed by atoms with Crippen molar-refractivity contribution in [3.05, 3.63) is 24.3 Å². The van der Waals surface area contributed by atoms with Crippen LogP contribution < -0.4 is 14.8 Å². The molecule has 1 aromatic carbocycles. The molecule has 1 aliphatic rings. The van der Waals surface area contributed by atoms with Crippen LogP contribution in [0, 0.1) is 17.3 Å². The van der Waals surface area contributed by atoms with E-state index in [0.29, 0.717) is 30.1 Å². The molecule has 24 heavy (non-hydrogen) atoms. The Labute approximate surface area is 145 Å². The van der Waals surface area contributed by atoms with Crippen LogP contribution in [0.3, 0.4) is 0 Å². The largest absolute Gasteiger partial charge is 0.493 e. The molecule has 134 valence electrons. The van der Waals surface area contributed by atoms with Gasteiger partial charge in [-0.25, -0.2) is 0 Å². The van der Waals surface area contributed by atoms with Crippen LogP contribution in [0.25, 0.3) is 0 Å². The molecule has 0 radical (unpaired) electrons. The van der Waals surface area contributed by atoms with Crippen molar-refractivity contribution in [1.29, 1.82) is 0 Å². The van der Waals surface area contributed by atoms with Gasteiger partial charge < -0.3 is 14.8 Å². The summed E-state index contributed by atoms with van der Waals surface area (Å²) in [5.74, 6) is 2.49. The van der Waals surface area contributed by atoms with E-state index in [1.807, 2.05) is 24.3 Å². The number of nitrogens with one attached hydrogen (secondary N) is 1. The van der Waals surface area contributed by atoms with Crippen LogP contribution in [0.1, 0.15) is 46.5 Å². The maximum atomic E-state index is 12.3. The summed E-state index contributed by atoms with van der Waals surface area (Å²) in [5, 5.41) is 3.01. The third-order valence-corrected chi connectivity index (χ3v) is 5.05. The minimum absolute atomic E-state index is 0.162. The number of carbonyl (C=O) groups is 1. The standard InChI is InChI=1S/C20H31NO3/c1-20(2,3)16-11-9-15(10-12-16)19(22)21-13-14-24-18-8-6-5-7-17(18)23-4/h5-8,15-16H,9-14H2,1-4H3,(H,21,22). The van der Waals surface area contributed by atoms with Crippen molar-refractivity contribution in [2.45, 2.75) is 46.5 Å². The smallest absolute Gasteiger partial charge is 0.223 e. The molecule has 1 amide bonds. The van der Waals surface area contributed by atoms with E-state index >= 15 is 0 Å². The molecule has 0 saturated heterocycles. The van der Waals surface area contributed by atoms with E-state index in [2.05, 4.69) is 26.1 Å². The summed E-state index contributed by atoms with van der Waals surface area (Å²) >= 11 is 0. The predicted molar refractivity (Wildman–Crippen MR) is 96.4 cm³/mol. The highest BCUT2D eigenvalue weighted by molar-refractivity contribution is 5.78. The van der Waals surface area contributed by atoms with Gasteiger partial charge in [-0.2, -0.15) is 0 Å². The molecular formula is C20H31NO3. The lowest BCUT2D eigenvalue weighted by molar-refractivity contribution is -0.126. The Hall–Kier alpha value is -1.71. The van der Waals surface area contributed by atoms with Crippen LogP contribution in [0.15, 0.2) is 24.3 Å². The lowest BCUT2D eigenvalue weighted by Gasteiger charge is -2.36. The van der Waals surface area contributed by atoms with E-state index in [4.69, 9.17) is 9.47 Å². The maximum absolute atomic E-state index is 12.3. The van der Waals surface area contributed by atoms with Gasteiger partial charge in [0.05, 0.1) is 13.7 Å². The van der Waals surface area contributed by atoms with Gasteiger partial charge >= 0.3 is 0 Å². The van der Waals surface area contributed by atoms with Crippen LogP contribution in [-0.4, -0.2) is 26.2 Å². The molecule has 4 nitrogen and oxygen atoms in total. The number of benzene rings is 1. The fourth-order valence-corrected chi connectivity index (χ4v) is 3.44.